The summed E-state index contributed by atoms with van der Waals surface area (Å²) < 4.78 is 0. The van der Waals surface area contributed by atoms with E-state index in [-0.39, 0.29) is 0 Å². The first-order valence-electron chi connectivity index (χ1n) is 4.85. The lowest BCUT2D eigenvalue weighted by Crippen LogP contribution is -2.32. The number of nitrogens with zero attached hydrogens (tertiary/aromatic N) is 2. The van der Waals surface area contributed by atoms with E-state index in [2.05, 4.69) is 36.2 Å². The van der Waals surface area contributed by atoms with Crippen molar-refractivity contribution in [2.75, 3.05) is 18.0 Å². The van der Waals surface area contributed by atoms with Crippen LogP contribution in [0.25, 0.3) is 0 Å². The van der Waals surface area contributed by atoms with Gasteiger partial charge in [-0.15, -0.1) is 0 Å². The van der Waals surface area contributed by atoms with Gasteiger partial charge in [0.2, 0.25) is 0 Å². The highest BCUT2D eigenvalue weighted by molar-refractivity contribution is 6.36. The molecule has 1 radical (unpaired) electrons. The van der Waals surface area contributed by atoms with Crippen molar-refractivity contribution >= 4 is 13.1 Å². The van der Waals surface area contributed by atoms with Gasteiger partial charge in [-0.3, -0.25) is 0 Å². The molecular weight excluding hydrogens is 159 g/mol. The summed E-state index contributed by atoms with van der Waals surface area (Å²) in [4.78, 5) is 6.76. The first-order chi connectivity index (χ1) is 6.36. The topological polar surface area (TPSA) is 16.1 Å². The molecule has 1 aliphatic rings. The minimum absolute atomic E-state index is 1.12. The number of aryl methyl sites for hydroxylation is 1. The average Bonchev–Trinajstić information content (AvgIpc) is 2.20. The molecule has 1 aliphatic heterocycles. The van der Waals surface area contributed by atoms with Gasteiger partial charge in [0, 0.05) is 19.3 Å². The largest absolute Gasteiger partial charge is 0.358 e. The maximum atomic E-state index is 4.41. The molecule has 0 bridgehead atoms. The molecule has 67 valence electrons. The predicted octanol–water partition coefficient (Wildman–Crippen LogP) is 1.75. The van der Waals surface area contributed by atoms with Crippen LogP contribution in [0.4, 0.5) is 5.82 Å². The molecule has 1 saturated heterocycles. The molecule has 0 spiro atoms. The van der Waals surface area contributed by atoms with E-state index in [1.165, 1.54) is 18.2 Å². The van der Waals surface area contributed by atoms with E-state index in [4.69, 9.17) is 0 Å². The highest BCUT2D eigenvalue weighted by atomic mass is 15.2. The normalized spacial score (nSPS) is 16.8. The van der Waals surface area contributed by atoms with Crippen LogP contribution in [0.3, 0.4) is 0 Å². The standard InChI is InChI=1S/C10H14BN2/c1-9-2-3-10(12-8-9)13-6-4-11-5-7-13/h2-3,8H,4-7H2,1H3. The fraction of sp³-hybridized carbons (Fsp3) is 0.500. The number of anilines is 1. The number of aromatic nitrogens is 1. The van der Waals surface area contributed by atoms with Crippen LogP contribution in [0, 0.1) is 6.92 Å². The Morgan fingerprint density at radius 3 is 2.69 bits per heavy atom. The van der Waals surface area contributed by atoms with Crippen LogP contribution < -0.4 is 4.90 Å². The summed E-state index contributed by atoms with van der Waals surface area (Å²) in [5.74, 6) is 1.12. The smallest absolute Gasteiger partial charge is 0.128 e. The van der Waals surface area contributed by atoms with E-state index < -0.39 is 0 Å². The van der Waals surface area contributed by atoms with Crippen molar-refractivity contribution in [3.8, 4) is 0 Å². The average molecular weight is 173 g/mol. The third-order valence-electron chi connectivity index (χ3n) is 2.43. The molecule has 2 heterocycles. The quantitative estimate of drug-likeness (QED) is 0.601. The van der Waals surface area contributed by atoms with Gasteiger partial charge in [-0.2, -0.15) is 0 Å². The second-order valence-corrected chi connectivity index (χ2v) is 3.55. The third kappa shape index (κ3) is 2.03. The van der Waals surface area contributed by atoms with Gasteiger partial charge in [0.05, 0.1) is 0 Å². The summed E-state index contributed by atoms with van der Waals surface area (Å²) >= 11 is 0. The molecule has 1 aromatic rings. The fourth-order valence-electron chi connectivity index (χ4n) is 1.63. The Labute approximate surface area is 80.2 Å². The summed E-state index contributed by atoms with van der Waals surface area (Å²) in [6.07, 6.45) is 4.32. The van der Waals surface area contributed by atoms with Crippen LogP contribution in [-0.4, -0.2) is 25.4 Å². The first kappa shape index (κ1) is 8.61. The lowest BCUT2D eigenvalue weighted by Gasteiger charge is -2.27. The van der Waals surface area contributed by atoms with E-state index in [0.29, 0.717) is 0 Å². The van der Waals surface area contributed by atoms with Crippen molar-refractivity contribution in [2.45, 2.75) is 19.6 Å². The van der Waals surface area contributed by atoms with E-state index in [1.54, 1.807) is 0 Å². The number of pyridine rings is 1. The monoisotopic (exact) mass is 173 g/mol. The molecule has 0 aromatic carbocycles. The Hall–Kier alpha value is -0.985. The first-order valence-corrected chi connectivity index (χ1v) is 4.85. The Balaban J connectivity index is 2.10. The minimum Gasteiger partial charge on any atom is -0.358 e. The Kier molecular flexibility index (Phi) is 2.53. The van der Waals surface area contributed by atoms with Crippen molar-refractivity contribution in [2.24, 2.45) is 0 Å². The number of hydrogen-bond acceptors (Lipinski definition) is 2. The molecule has 0 atom stereocenters. The van der Waals surface area contributed by atoms with Crippen LogP contribution in [0.15, 0.2) is 18.3 Å². The van der Waals surface area contributed by atoms with Crippen LogP contribution in [0.5, 0.6) is 0 Å². The summed E-state index contributed by atoms with van der Waals surface area (Å²) in [6, 6.07) is 4.24. The molecule has 13 heavy (non-hydrogen) atoms. The molecule has 1 fully saturated rings. The fourth-order valence-corrected chi connectivity index (χ4v) is 1.63. The van der Waals surface area contributed by atoms with Gasteiger partial charge in [-0.05, 0) is 18.6 Å². The van der Waals surface area contributed by atoms with Gasteiger partial charge in [0.15, 0.2) is 0 Å². The van der Waals surface area contributed by atoms with Gasteiger partial charge in [0.25, 0.3) is 0 Å². The van der Waals surface area contributed by atoms with Gasteiger partial charge in [-0.1, -0.05) is 18.7 Å². The highest BCUT2D eigenvalue weighted by Gasteiger charge is 2.11. The van der Waals surface area contributed by atoms with Gasteiger partial charge in [0.1, 0.15) is 13.1 Å². The second-order valence-electron chi connectivity index (χ2n) is 3.55. The van der Waals surface area contributed by atoms with Crippen molar-refractivity contribution in [1.29, 1.82) is 0 Å². The van der Waals surface area contributed by atoms with Crippen LogP contribution in [-0.2, 0) is 0 Å². The van der Waals surface area contributed by atoms with E-state index in [9.17, 15) is 0 Å². The molecule has 2 rings (SSSR count). The van der Waals surface area contributed by atoms with Crippen LogP contribution in [0.2, 0.25) is 12.6 Å². The number of rotatable bonds is 1. The molecule has 0 unspecified atom stereocenters. The SMILES string of the molecule is Cc1ccc(N2CC[B]CC2)nc1. The van der Waals surface area contributed by atoms with Gasteiger partial charge < -0.3 is 4.90 Å². The molecule has 2 nitrogen and oxygen atoms in total. The second kappa shape index (κ2) is 3.82. The molecule has 3 heteroatoms. The van der Waals surface area contributed by atoms with Crippen LogP contribution >= 0.6 is 0 Å². The van der Waals surface area contributed by atoms with Crippen molar-refractivity contribution in [1.82, 2.24) is 4.98 Å². The lowest BCUT2D eigenvalue weighted by atomic mass is 9.68. The van der Waals surface area contributed by atoms with E-state index >= 15 is 0 Å². The van der Waals surface area contributed by atoms with Crippen molar-refractivity contribution < 1.29 is 0 Å². The van der Waals surface area contributed by atoms with E-state index in [0.717, 1.165) is 18.9 Å². The van der Waals surface area contributed by atoms with Crippen molar-refractivity contribution in [3.63, 3.8) is 0 Å². The third-order valence-corrected chi connectivity index (χ3v) is 2.43. The molecule has 0 saturated carbocycles. The summed E-state index contributed by atoms with van der Waals surface area (Å²) in [5, 5.41) is 0. The van der Waals surface area contributed by atoms with E-state index in [1.807, 2.05) is 6.20 Å². The zero-order chi connectivity index (χ0) is 9.10. The van der Waals surface area contributed by atoms with Gasteiger partial charge in [-0.25, -0.2) is 4.98 Å². The Bertz CT molecular complexity index is 265. The number of hydrogen-bond donors (Lipinski definition) is 0. The maximum Gasteiger partial charge on any atom is 0.128 e. The summed E-state index contributed by atoms with van der Waals surface area (Å²) in [7, 11) is 2.35. The molecule has 0 N–H and O–H groups in total. The Morgan fingerprint density at radius 1 is 1.31 bits per heavy atom. The van der Waals surface area contributed by atoms with Gasteiger partial charge >= 0.3 is 0 Å². The van der Waals surface area contributed by atoms with Crippen molar-refractivity contribution in [3.05, 3.63) is 23.9 Å². The Morgan fingerprint density at radius 2 is 2.08 bits per heavy atom. The zero-order valence-electron chi connectivity index (χ0n) is 8.03. The highest BCUT2D eigenvalue weighted by Crippen LogP contribution is 2.14. The summed E-state index contributed by atoms with van der Waals surface area (Å²) in [6.45, 7) is 4.31. The molecular formula is C10H14BN2. The minimum atomic E-state index is 1.12. The lowest BCUT2D eigenvalue weighted by molar-refractivity contribution is 0.811. The zero-order valence-corrected chi connectivity index (χ0v) is 8.03. The predicted molar refractivity (Wildman–Crippen MR) is 56.6 cm³/mol. The maximum absolute atomic E-state index is 4.41. The summed E-state index contributed by atoms with van der Waals surface area (Å²) in [5.41, 5.74) is 1.23. The molecule has 1 aromatic heterocycles. The molecule has 0 amide bonds. The molecule has 0 aliphatic carbocycles. The van der Waals surface area contributed by atoms with Crippen LogP contribution in [0.1, 0.15) is 5.56 Å².